The number of fused-ring (bicyclic) bond motifs is 1. The van der Waals surface area contributed by atoms with E-state index in [0.29, 0.717) is 5.52 Å². The van der Waals surface area contributed by atoms with Gasteiger partial charge in [-0.3, -0.25) is 9.59 Å². The summed E-state index contributed by atoms with van der Waals surface area (Å²) in [5, 5.41) is 9.09. The molecule has 1 amide bonds. The minimum absolute atomic E-state index is 0.231. The number of nitrogens with one attached hydrogen (secondary N) is 2. The van der Waals surface area contributed by atoms with E-state index in [1.54, 1.807) is 12.1 Å². The van der Waals surface area contributed by atoms with Gasteiger partial charge in [0.15, 0.2) is 0 Å². The average Bonchev–Trinajstić information content (AvgIpc) is 2.37. The van der Waals surface area contributed by atoms with Gasteiger partial charge in [-0.15, -0.1) is 0 Å². The highest BCUT2D eigenvalue weighted by Gasteiger charge is 2.10. The molecule has 1 heterocycles. The fourth-order valence-electron chi connectivity index (χ4n) is 1.83. The van der Waals surface area contributed by atoms with Crippen LogP contribution in [0.2, 0.25) is 0 Å². The third-order valence-electron chi connectivity index (χ3n) is 2.75. The van der Waals surface area contributed by atoms with E-state index in [9.17, 15) is 18.0 Å². The number of nitrogens with two attached hydrogens (primary N) is 1. The second kappa shape index (κ2) is 6.08. The topological polar surface area (TPSA) is 134 Å². The van der Waals surface area contributed by atoms with Gasteiger partial charge in [-0.2, -0.15) is 5.10 Å². The van der Waals surface area contributed by atoms with E-state index < -0.39 is 21.7 Å². The predicted octanol–water partition coefficient (Wildman–Crippen LogP) is -0.425. The van der Waals surface area contributed by atoms with Gasteiger partial charge < -0.3 is 4.98 Å². The zero-order chi connectivity index (χ0) is 16.3. The summed E-state index contributed by atoms with van der Waals surface area (Å²) in [7, 11) is -3.91. The summed E-state index contributed by atoms with van der Waals surface area (Å²) in [6, 6.07) is 7.18. The lowest BCUT2D eigenvalue weighted by molar-refractivity contribution is -0.118. The average molecular weight is 322 g/mol. The number of H-pyrrole nitrogens is 1. The van der Waals surface area contributed by atoms with Crippen molar-refractivity contribution in [3.8, 4) is 0 Å². The molecule has 0 saturated heterocycles. The zero-order valence-electron chi connectivity index (χ0n) is 11.7. The van der Waals surface area contributed by atoms with E-state index in [-0.39, 0.29) is 11.1 Å². The molecular weight excluding hydrogens is 308 g/mol. The smallest absolute Gasteiger partial charge is 0.257 e. The number of sulfonamides is 1. The zero-order valence-corrected chi connectivity index (χ0v) is 12.5. The number of hydrazone groups is 1. The molecule has 2 rings (SSSR count). The Bertz CT molecular complexity index is 915. The maximum absolute atomic E-state index is 11.8. The van der Waals surface area contributed by atoms with Crippen LogP contribution in [0.25, 0.3) is 10.9 Å². The van der Waals surface area contributed by atoms with Crippen molar-refractivity contribution in [2.75, 3.05) is 5.75 Å². The van der Waals surface area contributed by atoms with Crippen LogP contribution in [0.15, 0.2) is 34.2 Å². The van der Waals surface area contributed by atoms with E-state index in [2.05, 4.69) is 10.1 Å². The number of hydrogen-bond donors (Lipinski definition) is 3. The molecule has 22 heavy (non-hydrogen) atoms. The fourth-order valence-corrected chi connectivity index (χ4v) is 2.26. The normalized spacial score (nSPS) is 11.9. The van der Waals surface area contributed by atoms with Crippen LogP contribution >= 0.6 is 0 Å². The molecule has 1 aromatic heterocycles. The lowest BCUT2D eigenvalue weighted by Crippen LogP contribution is -2.30. The summed E-state index contributed by atoms with van der Waals surface area (Å²) in [4.78, 5) is 25.8. The first-order valence-electron chi connectivity index (χ1n) is 6.21. The summed E-state index contributed by atoms with van der Waals surface area (Å²) >= 11 is 0. The summed E-state index contributed by atoms with van der Waals surface area (Å²) in [6.07, 6.45) is 1.14. The molecule has 116 valence electrons. The summed E-state index contributed by atoms with van der Waals surface area (Å²) in [5.41, 5.74) is 3.57. The van der Waals surface area contributed by atoms with E-state index in [4.69, 9.17) is 5.14 Å². The van der Waals surface area contributed by atoms with Gasteiger partial charge in [-0.1, -0.05) is 11.6 Å². The molecule has 8 nitrogen and oxygen atoms in total. The molecule has 0 atom stereocenters. The molecule has 0 unspecified atom stereocenters. The van der Waals surface area contributed by atoms with Crippen molar-refractivity contribution < 1.29 is 13.2 Å². The van der Waals surface area contributed by atoms with E-state index >= 15 is 0 Å². The number of carbonyl (C=O) groups is 1. The Kier molecular flexibility index (Phi) is 4.38. The lowest BCUT2D eigenvalue weighted by Gasteiger charge is -2.01. The number of pyridine rings is 1. The largest absolute Gasteiger partial charge is 0.321 e. The molecule has 4 N–H and O–H groups in total. The first-order valence-corrected chi connectivity index (χ1v) is 7.92. The number of nitrogens with zero attached hydrogens (tertiary/aromatic N) is 1. The van der Waals surface area contributed by atoms with Crippen LogP contribution in [0.4, 0.5) is 0 Å². The van der Waals surface area contributed by atoms with E-state index in [0.717, 1.165) is 17.2 Å². The van der Waals surface area contributed by atoms with Crippen LogP contribution in [-0.4, -0.2) is 31.3 Å². The number of primary sulfonamides is 1. The Morgan fingerprint density at radius 1 is 1.41 bits per heavy atom. The molecule has 0 saturated carbocycles. The minimum atomic E-state index is -3.91. The minimum Gasteiger partial charge on any atom is -0.321 e. The molecule has 2 aromatic rings. The van der Waals surface area contributed by atoms with Gasteiger partial charge in [-0.25, -0.2) is 19.0 Å². The maximum atomic E-state index is 11.8. The third kappa shape index (κ3) is 4.24. The Labute approximate surface area is 126 Å². The van der Waals surface area contributed by atoms with Crippen molar-refractivity contribution in [2.45, 2.75) is 6.92 Å². The monoisotopic (exact) mass is 322 g/mol. The highest BCUT2D eigenvalue weighted by Crippen LogP contribution is 2.12. The van der Waals surface area contributed by atoms with Crippen molar-refractivity contribution in [3.63, 3.8) is 0 Å². The molecular formula is C13H14N4O4S. The number of aryl methyl sites for hydroxylation is 1. The first kappa shape index (κ1) is 15.9. The Morgan fingerprint density at radius 3 is 2.82 bits per heavy atom. The van der Waals surface area contributed by atoms with Crippen LogP contribution in [0.5, 0.6) is 0 Å². The van der Waals surface area contributed by atoms with Crippen LogP contribution in [-0.2, 0) is 14.8 Å². The standard InChI is InChI=1S/C13H14N4O4S/c1-8-2-3-11-9(4-8)5-10(13(19)16-11)6-15-17-12(18)7-22(14,20)21/h2-6H,7H2,1H3,(H,16,19)(H,17,18)(H2,14,20,21)/b15-6+. The maximum Gasteiger partial charge on any atom is 0.257 e. The van der Waals surface area contributed by atoms with Crippen molar-refractivity contribution in [1.82, 2.24) is 10.4 Å². The van der Waals surface area contributed by atoms with E-state index in [1.807, 2.05) is 24.5 Å². The van der Waals surface area contributed by atoms with Crippen LogP contribution < -0.4 is 16.1 Å². The fraction of sp³-hybridized carbons (Fsp3) is 0.154. The number of rotatable bonds is 4. The highest BCUT2D eigenvalue weighted by atomic mass is 32.2. The van der Waals surface area contributed by atoms with Gasteiger partial charge in [0.2, 0.25) is 10.0 Å². The van der Waals surface area contributed by atoms with Crippen LogP contribution in [0.3, 0.4) is 0 Å². The van der Waals surface area contributed by atoms with Crippen molar-refractivity contribution in [3.05, 3.63) is 45.7 Å². The summed E-state index contributed by atoms with van der Waals surface area (Å²) in [5.74, 6) is -1.76. The molecule has 1 aromatic carbocycles. The molecule has 0 aliphatic carbocycles. The Balaban J connectivity index is 2.20. The number of aromatic amines is 1. The number of hydrogen-bond acceptors (Lipinski definition) is 5. The Morgan fingerprint density at radius 2 is 2.14 bits per heavy atom. The molecule has 0 aliphatic rings. The molecule has 0 fully saturated rings. The van der Waals surface area contributed by atoms with Crippen LogP contribution in [0, 0.1) is 6.92 Å². The second-order valence-electron chi connectivity index (χ2n) is 4.74. The number of amides is 1. The molecule has 0 spiro atoms. The van der Waals surface area contributed by atoms with Gasteiger partial charge in [0, 0.05) is 5.52 Å². The SMILES string of the molecule is Cc1ccc2[nH]c(=O)c(/C=N/NC(=O)CS(N)(=O)=O)cc2c1. The van der Waals surface area contributed by atoms with Crippen LogP contribution in [0.1, 0.15) is 11.1 Å². The van der Waals surface area contributed by atoms with Gasteiger partial charge >= 0.3 is 0 Å². The van der Waals surface area contributed by atoms with Gasteiger partial charge in [-0.05, 0) is 30.5 Å². The highest BCUT2D eigenvalue weighted by molar-refractivity contribution is 7.89. The molecule has 0 aliphatic heterocycles. The quantitative estimate of drug-likeness (QED) is 0.520. The summed E-state index contributed by atoms with van der Waals surface area (Å²) < 4.78 is 21.4. The van der Waals surface area contributed by atoms with Crippen molar-refractivity contribution >= 4 is 33.0 Å². The molecule has 0 radical (unpaired) electrons. The van der Waals surface area contributed by atoms with Crippen molar-refractivity contribution in [1.29, 1.82) is 0 Å². The van der Waals surface area contributed by atoms with Crippen molar-refractivity contribution in [2.24, 2.45) is 10.2 Å². The van der Waals surface area contributed by atoms with Gasteiger partial charge in [0.25, 0.3) is 11.5 Å². The third-order valence-corrected chi connectivity index (χ3v) is 3.42. The predicted molar refractivity (Wildman–Crippen MR) is 83.0 cm³/mol. The van der Waals surface area contributed by atoms with Gasteiger partial charge in [0.05, 0.1) is 11.8 Å². The number of benzene rings is 1. The second-order valence-corrected chi connectivity index (χ2v) is 6.36. The number of aromatic nitrogens is 1. The van der Waals surface area contributed by atoms with Gasteiger partial charge in [0.1, 0.15) is 5.75 Å². The molecule has 9 heteroatoms. The Hall–Kier alpha value is -2.52. The first-order chi connectivity index (χ1) is 10.2. The van der Waals surface area contributed by atoms with E-state index in [1.165, 1.54) is 0 Å². The summed E-state index contributed by atoms with van der Waals surface area (Å²) in [6.45, 7) is 1.92. The lowest BCUT2D eigenvalue weighted by atomic mass is 10.1. The molecule has 0 bridgehead atoms. The number of carbonyl (C=O) groups excluding carboxylic acids is 1.